The van der Waals surface area contributed by atoms with Crippen LogP contribution >= 0.6 is 11.3 Å². The molecule has 6 nitrogen and oxygen atoms in total. The number of ether oxygens (including phenoxy) is 2. The van der Waals surface area contributed by atoms with Gasteiger partial charge in [-0.3, -0.25) is 4.79 Å². The van der Waals surface area contributed by atoms with E-state index in [2.05, 4.69) is 10.3 Å². The van der Waals surface area contributed by atoms with Crippen LogP contribution in [0.3, 0.4) is 0 Å². The number of carbonyl (C=O) groups is 2. The quantitative estimate of drug-likeness (QED) is 0.679. The minimum atomic E-state index is -0.414. The van der Waals surface area contributed by atoms with Gasteiger partial charge in [-0.2, -0.15) is 0 Å². The number of rotatable bonds is 4. The first-order chi connectivity index (χ1) is 10.6. The third kappa shape index (κ3) is 3.05. The van der Waals surface area contributed by atoms with Crippen molar-refractivity contribution >= 4 is 33.9 Å². The maximum atomic E-state index is 12.1. The molecule has 7 heteroatoms. The van der Waals surface area contributed by atoms with Crippen molar-refractivity contribution in [2.24, 2.45) is 5.92 Å². The molecule has 3 heterocycles. The van der Waals surface area contributed by atoms with Gasteiger partial charge in [0.05, 0.1) is 30.6 Å². The third-order valence-electron chi connectivity index (χ3n) is 4.00. The zero-order chi connectivity index (χ0) is 15.7. The van der Waals surface area contributed by atoms with Crippen molar-refractivity contribution in [3.63, 3.8) is 0 Å². The number of amides is 1. The molecule has 118 valence electrons. The van der Waals surface area contributed by atoms with E-state index in [4.69, 9.17) is 9.47 Å². The normalized spacial score (nSPS) is 27.0. The van der Waals surface area contributed by atoms with E-state index in [-0.39, 0.29) is 17.9 Å². The van der Waals surface area contributed by atoms with Crippen LogP contribution in [-0.4, -0.2) is 36.2 Å². The molecule has 3 rings (SSSR count). The van der Waals surface area contributed by atoms with Crippen LogP contribution in [0.4, 0.5) is 5.13 Å². The highest BCUT2D eigenvalue weighted by Gasteiger charge is 2.40. The summed E-state index contributed by atoms with van der Waals surface area (Å²) in [5, 5.41) is 4.85. The lowest BCUT2D eigenvalue weighted by Crippen LogP contribution is -2.16. The molecule has 1 aromatic heterocycles. The summed E-state index contributed by atoms with van der Waals surface area (Å²) in [6, 6.07) is 0. The minimum absolute atomic E-state index is 0.189. The van der Waals surface area contributed by atoms with Crippen molar-refractivity contribution in [3.8, 4) is 0 Å². The third-order valence-corrected chi connectivity index (χ3v) is 4.76. The van der Waals surface area contributed by atoms with Gasteiger partial charge in [0.15, 0.2) is 5.13 Å². The summed E-state index contributed by atoms with van der Waals surface area (Å²) in [4.78, 5) is 27.5. The van der Waals surface area contributed by atoms with Gasteiger partial charge in [0.2, 0.25) is 5.91 Å². The van der Waals surface area contributed by atoms with Gasteiger partial charge in [-0.25, -0.2) is 9.78 Å². The summed E-state index contributed by atoms with van der Waals surface area (Å²) in [6.07, 6.45) is 5.50. The van der Waals surface area contributed by atoms with Crippen molar-refractivity contribution in [2.45, 2.75) is 38.4 Å². The first-order valence-electron chi connectivity index (χ1n) is 7.26. The van der Waals surface area contributed by atoms with Crippen LogP contribution in [0.2, 0.25) is 0 Å². The summed E-state index contributed by atoms with van der Waals surface area (Å²) < 4.78 is 10.7. The second-order valence-electron chi connectivity index (χ2n) is 5.56. The van der Waals surface area contributed by atoms with E-state index in [1.54, 1.807) is 5.38 Å². The molecule has 22 heavy (non-hydrogen) atoms. The highest BCUT2D eigenvalue weighted by Crippen LogP contribution is 2.40. The van der Waals surface area contributed by atoms with Crippen LogP contribution in [0.1, 0.15) is 31.9 Å². The zero-order valence-corrected chi connectivity index (χ0v) is 13.3. The van der Waals surface area contributed by atoms with Crippen LogP contribution in [0.5, 0.6) is 0 Å². The van der Waals surface area contributed by atoms with Gasteiger partial charge in [0, 0.05) is 18.2 Å². The van der Waals surface area contributed by atoms with Gasteiger partial charge in [0.1, 0.15) is 0 Å². The standard InChI is InChI=1S/C15H18N2O4S/c1-8(18)16-15-17-12(7-22-15)11(14(19)20-2)6-9-5-10-3-4-13(9)21-10/h6-7,9-10,13H,3-5H2,1-2H3,(H,16,17,18). The number of hydrogen-bond donors (Lipinski definition) is 1. The Bertz CT molecular complexity index is 625. The Hall–Kier alpha value is -1.73. The number of aromatic nitrogens is 1. The average Bonchev–Trinajstić information content (AvgIpc) is 3.19. The predicted molar refractivity (Wildman–Crippen MR) is 82.4 cm³/mol. The maximum Gasteiger partial charge on any atom is 0.339 e. The fourth-order valence-corrected chi connectivity index (χ4v) is 3.80. The Morgan fingerprint density at radius 1 is 1.50 bits per heavy atom. The summed E-state index contributed by atoms with van der Waals surface area (Å²) >= 11 is 1.28. The number of carbonyl (C=O) groups excluding carboxylic acids is 2. The molecule has 0 radical (unpaired) electrons. The molecule has 2 aliphatic rings. The molecule has 0 aromatic carbocycles. The number of anilines is 1. The maximum absolute atomic E-state index is 12.1. The largest absolute Gasteiger partial charge is 0.465 e. The van der Waals surface area contributed by atoms with Gasteiger partial charge in [-0.15, -0.1) is 11.3 Å². The predicted octanol–water partition coefficient (Wildman–Crippen LogP) is 2.23. The number of fused-ring (bicyclic) bond motifs is 2. The van der Waals surface area contributed by atoms with E-state index in [0.29, 0.717) is 22.5 Å². The van der Waals surface area contributed by atoms with Crippen LogP contribution in [0.25, 0.3) is 5.57 Å². The smallest absolute Gasteiger partial charge is 0.339 e. The van der Waals surface area contributed by atoms with Crippen molar-refractivity contribution in [1.82, 2.24) is 4.98 Å². The Labute approximate surface area is 132 Å². The molecule has 3 atom stereocenters. The fraction of sp³-hybridized carbons (Fsp3) is 0.533. The first kappa shape index (κ1) is 15.2. The second-order valence-corrected chi connectivity index (χ2v) is 6.42. The molecule has 0 saturated carbocycles. The topological polar surface area (TPSA) is 77.5 Å². The van der Waals surface area contributed by atoms with Crippen LogP contribution in [0, 0.1) is 5.92 Å². The highest BCUT2D eigenvalue weighted by molar-refractivity contribution is 7.14. The molecule has 0 aliphatic carbocycles. The SMILES string of the molecule is COC(=O)C(=CC1CC2CCC1O2)c1csc(NC(C)=O)n1. The first-order valence-corrected chi connectivity index (χ1v) is 8.14. The Balaban J connectivity index is 1.85. The Morgan fingerprint density at radius 3 is 2.91 bits per heavy atom. The fourth-order valence-electron chi connectivity index (χ4n) is 3.04. The molecular formula is C15H18N2O4S. The van der Waals surface area contributed by atoms with Crippen molar-refractivity contribution in [2.75, 3.05) is 12.4 Å². The molecule has 0 spiro atoms. The van der Waals surface area contributed by atoms with Crippen LogP contribution in [-0.2, 0) is 19.1 Å². The monoisotopic (exact) mass is 322 g/mol. The van der Waals surface area contributed by atoms with Crippen molar-refractivity contribution in [1.29, 1.82) is 0 Å². The average molecular weight is 322 g/mol. The van der Waals surface area contributed by atoms with Gasteiger partial charge in [-0.1, -0.05) is 6.08 Å². The van der Waals surface area contributed by atoms with Gasteiger partial charge < -0.3 is 14.8 Å². The van der Waals surface area contributed by atoms with Gasteiger partial charge in [-0.05, 0) is 19.3 Å². The molecule has 1 N–H and O–H groups in total. The van der Waals surface area contributed by atoms with Gasteiger partial charge in [0.25, 0.3) is 0 Å². The van der Waals surface area contributed by atoms with Crippen molar-refractivity contribution in [3.05, 3.63) is 17.2 Å². The number of nitrogens with zero attached hydrogens (tertiary/aromatic N) is 1. The summed E-state index contributed by atoms with van der Waals surface area (Å²) in [5.41, 5.74) is 0.972. The summed E-state index contributed by atoms with van der Waals surface area (Å²) in [6.45, 7) is 1.42. The number of methoxy groups -OCH3 is 1. The molecule has 2 saturated heterocycles. The van der Waals surface area contributed by atoms with Crippen LogP contribution < -0.4 is 5.32 Å². The van der Waals surface area contributed by atoms with E-state index in [1.165, 1.54) is 25.4 Å². The Morgan fingerprint density at radius 2 is 2.32 bits per heavy atom. The number of hydrogen-bond acceptors (Lipinski definition) is 6. The molecule has 2 aliphatic heterocycles. The zero-order valence-electron chi connectivity index (χ0n) is 12.5. The van der Waals surface area contributed by atoms with Gasteiger partial charge >= 0.3 is 5.97 Å². The van der Waals surface area contributed by atoms with E-state index in [9.17, 15) is 9.59 Å². The van der Waals surface area contributed by atoms with E-state index >= 15 is 0 Å². The molecule has 3 unspecified atom stereocenters. The van der Waals surface area contributed by atoms with Crippen LogP contribution in [0.15, 0.2) is 11.5 Å². The number of thiazole rings is 1. The lowest BCUT2D eigenvalue weighted by Gasteiger charge is -2.15. The minimum Gasteiger partial charge on any atom is -0.465 e. The molecule has 1 aromatic rings. The Kier molecular flexibility index (Phi) is 4.26. The summed E-state index contributed by atoms with van der Waals surface area (Å²) in [5.74, 6) is -0.382. The van der Waals surface area contributed by atoms with E-state index < -0.39 is 5.97 Å². The highest BCUT2D eigenvalue weighted by atomic mass is 32.1. The van der Waals surface area contributed by atoms with Crippen molar-refractivity contribution < 1.29 is 19.1 Å². The molecule has 1 amide bonds. The summed E-state index contributed by atoms with van der Waals surface area (Å²) in [7, 11) is 1.36. The molecular weight excluding hydrogens is 304 g/mol. The number of esters is 1. The van der Waals surface area contributed by atoms with E-state index in [0.717, 1.165) is 19.3 Å². The molecule has 2 bridgehead atoms. The van der Waals surface area contributed by atoms with E-state index in [1.807, 2.05) is 6.08 Å². The lowest BCUT2D eigenvalue weighted by atomic mass is 9.87. The number of nitrogens with one attached hydrogen (secondary N) is 1. The molecule has 2 fully saturated rings. The second kappa shape index (κ2) is 6.18. The lowest BCUT2D eigenvalue weighted by molar-refractivity contribution is -0.133.